The molecule has 0 aromatic heterocycles. The fourth-order valence-corrected chi connectivity index (χ4v) is 12.1. The van der Waals surface area contributed by atoms with Crippen molar-refractivity contribution in [3.05, 3.63) is 0 Å². The lowest BCUT2D eigenvalue weighted by Gasteiger charge is -2.31. The van der Waals surface area contributed by atoms with Crippen LogP contribution < -0.4 is 0 Å². The van der Waals surface area contributed by atoms with Gasteiger partial charge in [-0.15, -0.1) is 0 Å². The van der Waals surface area contributed by atoms with Crippen LogP contribution in [-0.2, 0) is 13.3 Å². The molecule has 0 unspecified atom stereocenters. The summed E-state index contributed by atoms with van der Waals surface area (Å²) in [5.41, 5.74) is 0. The Morgan fingerprint density at radius 1 is 0.577 bits per heavy atom. The molecule has 0 saturated heterocycles. The Hall–Kier alpha value is 0.527. The van der Waals surface area contributed by atoms with E-state index in [0.717, 1.165) is 5.79 Å². The summed E-state index contributed by atoms with van der Waals surface area (Å²) in [6, 6.07) is 0. The Bertz CT molecular complexity index is 297. The smallest absolute Gasteiger partial charge is 0.372 e. The highest BCUT2D eigenvalue weighted by Crippen LogP contribution is 2.54. The Morgan fingerprint density at radius 2 is 0.962 bits per heavy atom. The van der Waals surface area contributed by atoms with E-state index in [4.69, 9.17) is 13.3 Å². The Kier molecular flexibility index (Phi) is 16.8. The topological polar surface area (TPSA) is 27.7 Å². The van der Waals surface area contributed by atoms with E-state index in [1.54, 1.807) is 0 Å². The third-order valence-corrected chi connectivity index (χ3v) is 13.5. The van der Waals surface area contributed by atoms with Crippen LogP contribution in [-0.4, -0.2) is 53.9 Å². The van der Waals surface area contributed by atoms with Gasteiger partial charge in [0.25, 0.3) is 0 Å². The van der Waals surface area contributed by atoms with Crippen molar-refractivity contribution in [1.29, 1.82) is 0 Å². The molecule has 0 spiro atoms. The van der Waals surface area contributed by atoms with Gasteiger partial charge in [0.15, 0.2) is 0 Å². The zero-order valence-electron chi connectivity index (χ0n) is 18.8. The molecule has 3 nitrogen and oxygen atoms in total. The van der Waals surface area contributed by atoms with Crippen LogP contribution >= 0.6 is 7.26 Å². The molecular weight excluding hydrogens is 359 g/mol. The molecule has 0 radical (unpaired) electrons. The maximum absolute atomic E-state index is 6.07. The predicted molar refractivity (Wildman–Crippen MR) is 121 cm³/mol. The van der Waals surface area contributed by atoms with E-state index in [1.165, 1.54) is 70.4 Å². The molecular formula is C21H48O3PSi+. The summed E-state index contributed by atoms with van der Waals surface area (Å²) in [4.78, 5) is 0. The van der Waals surface area contributed by atoms with Crippen molar-refractivity contribution < 1.29 is 13.3 Å². The average Bonchev–Trinajstić information content (AvgIpc) is 2.57. The standard InChI is InChI=1S/C21H48O3PSi/c1-7-11-12-13-14-15-16-17-18-19-20-25(5,6)21-26(22-8-2,23-9-3)24-10-4/h7-21H2,1-6H3/q+1. The third-order valence-electron chi connectivity index (χ3n) is 4.83. The molecule has 0 atom stereocenters. The van der Waals surface area contributed by atoms with Crippen molar-refractivity contribution in [2.75, 3.05) is 45.1 Å². The summed E-state index contributed by atoms with van der Waals surface area (Å²) in [5.74, 6) is 1.03. The minimum Gasteiger partial charge on any atom is -0.372 e. The molecule has 26 heavy (non-hydrogen) atoms. The zero-order valence-corrected chi connectivity index (χ0v) is 20.7. The van der Waals surface area contributed by atoms with Crippen LogP contribution in [0.3, 0.4) is 0 Å². The van der Waals surface area contributed by atoms with Gasteiger partial charge in [-0.3, -0.25) is 0 Å². The summed E-state index contributed by atoms with van der Waals surface area (Å²) < 4.78 is 18.2. The van der Waals surface area contributed by atoms with Gasteiger partial charge in [0.1, 0.15) is 5.79 Å². The van der Waals surface area contributed by atoms with E-state index >= 15 is 0 Å². The van der Waals surface area contributed by atoms with E-state index in [0.29, 0.717) is 19.8 Å². The van der Waals surface area contributed by atoms with E-state index in [2.05, 4.69) is 20.3 Å². The minimum absolute atomic E-state index is 0.685. The zero-order chi connectivity index (χ0) is 19.7. The maximum atomic E-state index is 6.07. The average molecular weight is 408 g/mol. The molecule has 0 saturated carbocycles. The molecule has 0 fully saturated rings. The molecule has 0 heterocycles. The van der Waals surface area contributed by atoms with Gasteiger partial charge in [0.05, 0.1) is 6.16 Å². The first-order chi connectivity index (χ1) is 12.4. The van der Waals surface area contributed by atoms with Gasteiger partial charge in [-0.2, -0.15) is 0 Å². The highest BCUT2D eigenvalue weighted by molar-refractivity contribution is 7.76. The number of hydrogen-bond donors (Lipinski definition) is 0. The van der Waals surface area contributed by atoms with Crippen LogP contribution in [0.5, 0.6) is 0 Å². The Labute approximate surface area is 166 Å². The molecule has 0 aromatic rings. The summed E-state index contributed by atoms with van der Waals surface area (Å²) in [5, 5.41) is 0. The van der Waals surface area contributed by atoms with Crippen LogP contribution in [0, 0.1) is 0 Å². The first-order valence-corrected chi connectivity index (χ1v) is 16.2. The molecule has 0 bridgehead atoms. The molecule has 158 valence electrons. The van der Waals surface area contributed by atoms with Gasteiger partial charge >= 0.3 is 8.80 Å². The predicted octanol–water partition coefficient (Wildman–Crippen LogP) is 6.77. The Morgan fingerprint density at radius 3 is 1.35 bits per heavy atom. The van der Waals surface area contributed by atoms with Crippen molar-refractivity contribution in [3.8, 4) is 0 Å². The van der Waals surface area contributed by atoms with Crippen LogP contribution in [0.2, 0.25) is 0 Å². The summed E-state index contributed by atoms with van der Waals surface area (Å²) in [6.45, 7) is 15.4. The van der Waals surface area contributed by atoms with Crippen LogP contribution in [0.4, 0.5) is 0 Å². The van der Waals surface area contributed by atoms with E-state index in [9.17, 15) is 0 Å². The second kappa shape index (κ2) is 16.5. The second-order valence-corrected chi connectivity index (χ2v) is 15.8. The van der Waals surface area contributed by atoms with E-state index < -0.39 is 16.1 Å². The molecule has 0 amide bonds. The van der Waals surface area contributed by atoms with Crippen LogP contribution in [0.1, 0.15) is 91.9 Å². The van der Waals surface area contributed by atoms with Crippen LogP contribution in [0.15, 0.2) is 0 Å². The first kappa shape index (κ1) is 26.5. The summed E-state index contributed by atoms with van der Waals surface area (Å²) in [7, 11) is -3.52. The lowest BCUT2D eigenvalue weighted by atomic mass is 10.1. The lowest BCUT2D eigenvalue weighted by Crippen LogP contribution is -2.50. The number of hydrogen-bond acceptors (Lipinski definition) is 3. The highest BCUT2D eigenvalue weighted by Gasteiger charge is 2.49. The second-order valence-electron chi connectivity index (χ2n) is 7.98. The Balaban J connectivity index is 4.06. The molecule has 0 aliphatic heterocycles. The SMILES string of the molecule is CCCCCCCCCCCC[P+](C)(C)C[Si](OCC)(OCC)OCC. The van der Waals surface area contributed by atoms with Crippen molar-refractivity contribution in [2.45, 2.75) is 91.9 Å². The molecule has 0 aromatic carbocycles. The van der Waals surface area contributed by atoms with E-state index in [-0.39, 0.29) is 0 Å². The lowest BCUT2D eigenvalue weighted by molar-refractivity contribution is 0.0769. The third kappa shape index (κ3) is 13.7. The summed E-state index contributed by atoms with van der Waals surface area (Å²) in [6.07, 6.45) is 15.4. The van der Waals surface area contributed by atoms with Crippen molar-refractivity contribution >= 4 is 16.1 Å². The first-order valence-electron chi connectivity index (χ1n) is 11.2. The quantitative estimate of drug-likeness (QED) is 0.134. The monoisotopic (exact) mass is 407 g/mol. The van der Waals surface area contributed by atoms with Gasteiger partial charge in [0, 0.05) is 40.4 Å². The van der Waals surface area contributed by atoms with Crippen molar-refractivity contribution in [2.24, 2.45) is 0 Å². The number of unbranched alkanes of at least 4 members (excludes halogenated alkanes) is 9. The largest absolute Gasteiger partial charge is 0.540 e. The van der Waals surface area contributed by atoms with Crippen molar-refractivity contribution in [1.82, 2.24) is 0 Å². The number of rotatable bonds is 19. The maximum Gasteiger partial charge on any atom is 0.540 e. The fourth-order valence-electron chi connectivity index (χ4n) is 3.55. The normalized spacial score (nSPS) is 12.7. The minimum atomic E-state index is -2.48. The fraction of sp³-hybridized carbons (Fsp3) is 1.00. The van der Waals surface area contributed by atoms with E-state index in [1.807, 2.05) is 20.8 Å². The van der Waals surface area contributed by atoms with Gasteiger partial charge < -0.3 is 13.3 Å². The molecule has 0 aliphatic rings. The van der Waals surface area contributed by atoms with Crippen LogP contribution in [0.25, 0.3) is 0 Å². The van der Waals surface area contributed by atoms with Gasteiger partial charge in [-0.1, -0.05) is 58.3 Å². The summed E-state index contributed by atoms with van der Waals surface area (Å²) >= 11 is 0. The molecule has 0 rings (SSSR count). The molecule has 0 N–H and O–H groups in total. The molecule has 0 aliphatic carbocycles. The van der Waals surface area contributed by atoms with Gasteiger partial charge in [-0.05, 0) is 33.6 Å². The van der Waals surface area contributed by atoms with Crippen molar-refractivity contribution in [3.63, 3.8) is 0 Å². The van der Waals surface area contributed by atoms with Gasteiger partial charge in [-0.25, -0.2) is 0 Å². The van der Waals surface area contributed by atoms with Gasteiger partial charge in [0.2, 0.25) is 0 Å². The molecule has 5 heteroatoms. The highest BCUT2D eigenvalue weighted by atomic mass is 31.2.